The zero-order chi connectivity index (χ0) is 12.6. The van der Waals surface area contributed by atoms with E-state index >= 15 is 0 Å². The molecule has 5 heteroatoms. The molecule has 4 nitrogen and oxygen atoms in total. The second kappa shape index (κ2) is 4.35. The molecule has 2 heterocycles. The summed E-state index contributed by atoms with van der Waals surface area (Å²) >= 11 is 0. The molecule has 0 saturated carbocycles. The van der Waals surface area contributed by atoms with Crippen molar-refractivity contribution < 1.29 is 9.53 Å². The summed E-state index contributed by atoms with van der Waals surface area (Å²) in [6.45, 7) is 6.20. The molecule has 90 valence electrons. The van der Waals surface area contributed by atoms with Gasteiger partial charge in [-0.1, -0.05) is 0 Å². The number of fused-ring (bicyclic) bond motifs is 1. The summed E-state index contributed by atoms with van der Waals surface area (Å²) < 4.78 is 5.46. The van der Waals surface area contributed by atoms with E-state index in [9.17, 15) is 4.79 Å². The van der Waals surface area contributed by atoms with E-state index in [0.29, 0.717) is 22.4 Å². The standard InChI is InChI=1S/C12H14N2O2S/c1-4-16-12-10(13)9-7(2)5-8(3)14-11(9)17(12)6-15/h5H,4,13H2,1-3H3. The number of ether oxygens (including phenoxy) is 1. The predicted octanol–water partition coefficient (Wildman–Crippen LogP) is 2.03. The molecular formula is C12H14N2O2S. The molecule has 17 heavy (non-hydrogen) atoms. The SMILES string of the molecule is CCOC1=C(N)c2c(C)cc(C)nc2S1=C=O. The molecule has 0 spiro atoms. The van der Waals surface area contributed by atoms with E-state index in [-0.39, 0.29) is 0 Å². The van der Waals surface area contributed by atoms with Gasteiger partial charge in [-0.3, -0.25) is 0 Å². The van der Waals surface area contributed by atoms with Crippen LogP contribution in [0.25, 0.3) is 5.70 Å². The predicted molar refractivity (Wildman–Crippen MR) is 68.0 cm³/mol. The summed E-state index contributed by atoms with van der Waals surface area (Å²) in [6, 6.07) is 1.95. The highest BCUT2D eigenvalue weighted by Gasteiger charge is 2.29. The van der Waals surface area contributed by atoms with Crippen LogP contribution in [0.3, 0.4) is 0 Å². The maximum Gasteiger partial charge on any atom is 0.187 e. The Kier molecular flexibility index (Phi) is 3.05. The van der Waals surface area contributed by atoms with Crippen molar-refractivity contribution >= 4 is 21.4 Å². The van der Waals surface area contributed by atoms with E-state index in [0.717, 1.165) is 16.8 Å². The first-order chi connectivity index (χ1) is 8.10. The zero-order valence-corrected chi connectivity index (χ0v) is 10.9. The lowest BCUT2D eigenvalue weighted by Gasteiger charge is -2.05. The van der Waals surface area contributed by atoms with Crippen LogP contribution in [-0.4, -0.2) is 16.8 Å². The van der Waals surface area contributed by atoms with Crippen molar-refractivity contribution in [2.45, 2.75) is 25.8 Å². The average molecular weight is 250 g/mol. The minimum Gasteiger partial charge on any atom is -0.485 e. The molecular weight excluding hydrogens is 236 g/mol. The van der Waals surface area contributed by atoms with Gasteiger partial charge < -0.3 is 10.5 Å². The van der Waals surface area contributed by atoms with Crippen molar-refractivity contribution in [3.05, 3.63) is 28.0 Å². The molecule has 0 amide bonds. The van der Waals surface area contributed by atoms with Crippen molar-refractivity contribution in [3.63, 3.8) is 0 Å². The summed E-state index contributed by atoms with van der Waals surface area (Å²) in [7, 11) is -0.882. The summed E-state index contributed by atoms with van der Waals surface area (Å²) in [5.74, 6) is 0. The van der Waals surface area contributed by atoms with Gasteiger partial charge in [0.2, 0.25) is 0 Å². The van der Waals surface area contributed by atoms with Crippen molar-refractivity contribution in [2.75, 3.05) is 6.61 Å². The molecule has 1 aliphatic heterocycles. The molecule has 2 rings (SSSR count). The van der Waals surface area contributed by atoms with Gasteiger partial charge in [0.05, 0.1) is 12.3 Å². The number of hydrogen-bond donors (Lipinski definition) is 1. The largest absolute Gasteiger partial charge is 0.485 e. The minimum atomic E-state index is -0.882. The monoisotopic (exact) mass is 250 g/mol. The first-order valence-electron chi connectivity index (χ1n) is 5.33. The third-order valence-corrected chi connectivity index (χ3v) is 4.10. The first-order valence-corrected chi connectivity index (χ1v) is 6.55. The fourth-order valence-electron chi connectivity index (χ4n) is 1.92. The molecule has 2 N–H and O–H groups in total. The molecule has 0 radical (unpaired) electrons. The maximum absolute atomic E-state index is 11.1. The van der Waals surface area contributed by atoms with Crippen LogP contribution < -0.4 is 5.73 Å². The Bertz CT molecular complexity index is 572. The number of rotatable bonds is 2. The summed E-state index contributed by atoms with van der Waals surface area (Å²) in [5.41, 5.74) is 9.30. The molecule has 0 saturated heterocycles. The van der Waals surface area contributed by atoms with Gasteiger partial charge in [-0.25, -0.2) is 9.78 Å². The van der Waals surface area contributed by atoms with Crippen molar-refractivity contribution in [1.82, 2.24) is 4.98 Å². The van der Waals surface area contributed by atoms with Gasteiger partial charge in [0.1, 0.15) is 5.03 Å². The average Bonchev–Trinajstić information content (AvgIpc) is 2.52. The lowest BCUT2D eigenvalue weighted by molar-refractivity contribution is 0.259. The van der Waals surface area contributed by atoms with Crippen LogP contribution in [0, 0.1) is 13.8 Å². The molecule has 1 aromatic rings. The van der Waals surface area contributed by atoms with Gasteiger partial charge in [0.25, 0.3) is 0 Å². The molecule has 1 aliphatic rings. The number of nitrogens with zero attached hydrogens (tertiary/aromatic N) is 1. The molecule has 1 unspecified atom stereocenters. The van der Waals surface area contributed by atoms with Gasteiger partial charge in [0, 0.05) is 21.7 Å². The number of aryl methyl sites for hydroxylation is 2. The second-order valence-corrected chi connectivity index (χ2v) is 5.32. The van der Waals surface area contributed by atoms with Gasteiger partial charge in [-0.2, -0.15) is 0 Å². The van der Waals surface area contributed by atoms with Crippen LogP contribution in [0.1, 0.15) is 23.7 Å². The molecule has 0 bridgehead atoms. The van der Waals surface area contributed by atoms with Crippen LogP contribution in [-0.2, 0) is 9.53 Å². The van der Waals surface area contributed by atoms with Gasteiger partial charge in [-0.05, 0) is 32.4 Å². The number of carbonyl (C=O) groups excluding carboxylic acids is 1. The first kappa shape index (κ1) is 11.9. The topological polar surface area (TPSA) is 65.2 Å². The van der Waals surface area contributed by atoms with E-state index in [1.54, 1.807) is 0 Å². The fraction of sp³-hybridized carbons (Fsp3) is 0.333. The van der Waals surface area contributed by atoms with E-state index in [4.69, 9.17) is 10.5 Å². The van der Waals surface area contributed by atoms with Gasteiger partial charge in [-0.15, -0.1) is 0 Å². The normalized spacial score (nSPS) is 17.9. The highest BCUT2D eigenvalue weighted by molar-refractivity contribution is 8.18. The lowest BCUT2D eigenvalue weighted by atomic mass is 10.1. The number of nitrogens with two attached hydrogens (primary N) is 1. The lowest BCUT2D eigenvalue weighted by Crippen LogP contribution is -2.01. The number of hydrogen-bond acceptors (Lipinski definition) is 4. The highest BCUT2D eigenvalue weighted by Crippen LogP contribution is 2.47. The van der Waals surface area contributed by atoms with E-state index in [2.05, 4.69) is 4.98 Å². The zero-order valence-electron chi connectivity index (χ0n) is 10.0. The number of pyridine rings is 1. The summed E-state index contributed by atoms with van der Waals surface area (Å²) in [6.07, 6.45) is 0. The maximum atomic E-state index is 11.1. The van der Waals surface area contributed by atoms with Crippen LogP contribution in [0.2, 0.25) is 0 Å². The second-order valence-electron chi connectivity index (χ2n) is 3.78. The van der Waals surface area contributed by atoms with E-state index in [1.165, 1.54) is 0 Å². The molecule has 0 fully saturated rings. The van der Waals surface area contributed by atoms with Crippen LogP contribution in [0.15, 0.2) is 16.2 Å². The van der Waals surface area contributed by atoms with Crippen LogP contribution >= 0.6 is 10.5 Å². The Balaban J connectivity index is 2.72. The third-order valence-electron chi connectivity index (χ3n) is 2.54. The minimum absolute atomic E-state index is 0.479. The summed E-state index contributed by atoms with van der Waals surface area (Å²) in [5, 5.41) is 3.20. The Morgan fingerprint density at radius 2 is 2.24 bits per heavy atom. The van der Waals surface area contributed by atoms with Crippen molar-refractivity contribution in [1.29, 1.82) is 0 Å². The van der Waals surface area contributed by atoms with Crippen LogP contribution in [0.4, 0.5) is 0 Å². The molecule has 1 atom stereocenters. The Morgan fingerprint density at radius 3 is 2.82 bits per heavy atom. The molecule has 0 aliphatic carbocycles. The fourth-order valence-corrected chi connectivity index (χ4v) is 3.52. The Labute approximate surface area is 102 Å². The van der Waals surface area contributed by atoms with Gasteiger partial charge in [0.15, 0.2) is 10.3 Å². The van der Waals surface area contributed by atoms with E-state index in [1.807, 2.05) is 32.1 Å². The Hall–Kier alpha value is -1.58. The highest BCUT2D eigenvalue weighted by atomic mass is 32.2. The van der Waals surface area contributed by atoms with Gasteiger partial charge >= 0.3 is 0 Å². The molecule has 1 aromatic heterocycles. The van der Waals surface area contributed by atoms with Crippen molar-refractivity contribution in [2.24, 2.45) is 5.73 Å². The number of aromatic nitrogens is 1. The smallest absolute Gasteiger partial charge is 0.187 e. The third kappa shape index (κ3) is 1.77. The van der Waals surface area contributed by atoms with E-state index < -0.39 is 10.5 Å². The molecule has 0 aromatic carbocycles. The Morgan fingerprint density at radius 1 is 1.53 bits per heavy atom. The van der Waals surface area contributed by atoms with Crippen LogP contribution in [0.5, 0.6) is 0 Å². The summed E-state index contributed by atoms with van der Waals surface area (Å²) in [4.78, 5) is 15.5. The van der Waals surface area contributed by atoms with Crippen molar-refractivity contribution in [3.8, 4) is 0 Å². The quantitative estimate of drug-likeness (QED) is 0.816.